The smallest absolute Gasteiger partial charge is 0.408 e. The number of rotatable bonds is 3. The number of anilines is 1. The Morgan fingerprint density at radius 3 is 2.70 bits per heavy atom. The predicted octanol–water partition coefficient (Wildman–Crippen LogP) is 4.22. The van der Waals surface area contributed by atoms with E-state index in [0.29, 0.717) is 18.5 Å². The molecule has 1 aromatic heterocycles. The summed E-state index contributed by atoms with van der Waals surface area (Å²) in [5.41, 5.74) is 2.70. The zero-order valence-corrected chi connectivity index (χ0v) is 14.9. The molecule has 2 aromatic carbocycles. The zero-order valence-electron chi connectivity index (χ0n) is 14.9. The highest BCUT2D eigenvalue weighted by Crippen LogP contribution is 2.41. The summed E-state index contributed by atoms with van der Waals surface area (Å²) in [5.74, 6) is 0. The molecule has 1 aliphatic rings. The van der Waals surface area contributed by atoms with Crippen molar-refractivity contribution in [3.63, 3.8) is 0 Å². The monoisotopic (exact) mass is 364 g/mol. The molecule has 0 unspecified atom stereocenters. The van der Waals surface area contributed by atoms with Gasteiger partial charge >= 0.3 is 11.7 Å². The average molecular weight is 364 g/mol. The Morgan fingerprint density at radius 1 is 1.19 bits per heavy atom. The molecule has 0 fully saturated rings. The summed E-state index contributed by atoms with van der Waals surface area (Å²) in [4.78, 5) is 25.2. The van der Waals surface area contributed by atoms with E-state index in [0.717, 1.165) is 22.2 Å². The van der Waals surface area contributed by atoms with Gasteiger partial charge < -0.3 is 14.8 Å². The maximum absolute atomic E-state index is 12.1. The third-order valence-electron chi connectivity index (χ3n) is 4.97. The number of benzene rings is 2. The van der Waals surface area contributed by atoms with Gasteiger partial charge in [-0.25, -0.2) is 9.59 Å². The van der Waals surface area contributed by atoms with Gasteiger partial charge in [-0.2, -0.15) is 0 Å². The number of carbonyl (C=O) groups is 1. The molecule has 4 rings (SSSR count). The number of nitrogens with one attached hydrogen (secondary N) is 1. The van der Waals surface area contributed by atoms with Crippen molar-refractivity contribution in [3.8, 4) is 0 Å². The second-order valence-electron chi connectivity index (χ2n) is 6.89. The van der Waals surface area contributed by atoms with Crippen LogP contribution in [0.4, 0.5) is 10.5 Å². The minimum absolute atomic E-state index is 0.119. The molecule has 0 aliphatic carbocycles. The standard InChI is InChI=1S/C21H20N2O4/c1-13-11-17(23(21(25)26)12-14-5-3-2-4-6-14)20-15-7-10-19(24)27-18(15)9-8-16(20)22-13/h2-10,13,17,22H,11-12H2,1H3,(H,25,26)/t13-,17+/m1/s1. The Labute approximate surface area is 156 Å². The van der Waals surface area contributed by atoms with Crippen molar-refractivity contribution in [2.45, 2.75) is 32.0 Å². The van der Waals surface area contributed by atoms with Gasteiger partial charge in [0.2, 0.25) is 0 Å². The Kier molecular flexibility index (Phi) is 4.32. The van der Waals surface area contributed by atoms with Crippen LogP contribution in [-0.2, 0) is 6.54 Å². The van der Waals surface area contributed by atoms with Crippen molar-refractivity contribution >= 4 is 22.7 Å². The molecule has 2 heterocycles. The van der Waals surface area contributed by atoms with Crippen LogP contribution in [0.2, 0.25) is 0 Å². The fourth-order valence-electron chi connectivity index (χ4n) is 3.81. The fourth-order valence-corrected chi connectivity index (χ4v) is 3.81. The third-order valence-corrected chi connectivity index (χ3v) is 4.97. The fraction of sp³-hybridized carbons (Fsp3) is 0.238. The van der Waals surface area contributed by atoms with Gasteiger partial charge in [0, 0.05) is 35.3 Å². The SMILES string of the molecule is C[C@@H]1C[C@H](N(Cc2ccccc2)C(=O)O)c2c(ccc3oc(=O)ccc23)N1. The number of nitrogens with zero attached hydrogens (tertiary/aromatic N) is 1. The highest BCUT2D eigenvalue weighted by Gasteiger charge is 2.33. The lowest BCUT2D eigenvalue weighted by atomic mass is 9.89. The highest BCUT2D eigenvalue weighted by atomic mass is 16.4. The quantitative estimate of drug-likeness (QED) is 0.680. The summed E-state index contributed by atoms with van der Waals surface area (Å²) in [5, 5.41) is 14.1. The summed E-state index contributed by atoms with van der Waals surface area (Å²) in [6, 6.07) is 16.0. The molecule has 3 aromatic rings. The van der Waals surface area contributed by atoms with E-state index in [1.165, 1.54) is 11.0 Å². The molecule has 6 nitrogen and oxygen atoms in total. The van der Waals surface area contributed by atoms with Gasteiger partial charge in [0.1, 0.15) is 5.58 Å². The van der Waals surface area contributed by atoms with E-state index < -0.39 is 11.7 Å². The Balaban J connectivity index is 1.85. The zero-order chi connectivity index (χ0) is 19.0. The van der Waals surface area contributed by atoms with Gasteiger partial charge in [-0.1, -0.05) is 30.3 Å². The normalized spacial score (nSPS) is 18.6. The van der Waals surface area contributed by atoms with E-state index in [1.807, 2.05) is 43.3 Å². The van der Waals surface area contributed by atoms with Crippen LogP contribution < -0.4 is 10.9 Å². The number of hydrogen-bond donors (Lipinski definition) is 2. The van der Waals surface area contributed by atoms with Crippen LogP contribution in [0.5, 0.6) is 0 Å². The first-order valence-electron chi connectivity index (χ1n) is 8.89. The molecule has 1 aliphatic heterocycles. The molecule has 1 amide bonds. The van der Waals surface area contributed by atoms with Crippen LogP contribution >= 0.6 is 0 Å². The van der Waals surface area contributed by atoms with E-state index in [9.17, 15) is 14.7 Å². The molecule has 138 valence electrons. The summed E-state index contributed by atoms with van der Waals surface area (Å²) in [6.07, 6.45) is -0.344. The molecule has 27 heavy (non-hydrogen) atoms. The number of amides is 1. The minimum atomic E-state index is -0.974. The highest BCUT2D eigenvalue weighted by molar-refractivity contribution is 5.87. The third kappa shape index (κ3) is 3.26. The molecule has 2 N–H and O–H groups in total. The number of hydrogen-bond acceptors (Lipinski definition) is 4. The Morgan fingerprint density at radius 2 is 1.96 bits per heavy atom. The average Bonchev–Trinajstić information content (AvgIpc) is 2.65. The van der Waals surface area contributed by atoms with Crippen molar-refractivity contribution in [1.82, 2.24) is 4.90 Å². The largest absolute Gasteiger partial charge is 0.465 e. The maximum Gasteiger partial charge on any atom is 0.408 e. The van der Waals surface area contributed by atoms with Gasteiger partial charge in [-0.05, 0) is 37.1 Å². The Bertz CT molecular complexity index is 1040. The van der Waals surface area contributed by atoms with Crippen molar-refractivity contribution < 1.29 is 14.3 Å². The summed E-state index contributed by atoms with van der Waals surface area (Å²) >= 11 is 0. The molecular formula is C21H20N2O4. The maximum atomic E-state index is 12.1. The van der Waals surface area contributed by atoms with E-state index in [2.05, 4.69) is 5.32 Å². The lowest BCUT2D eigenvalue weighted by Gasteiger charge is -2.38. The molecule has 0 radical (unpaired) electrons. The lowest BCUT2D eigenvalue weighted by molar-refractivity contribution is 0.115. The molecule has 6 heteroatoms. The van der Waals surface area contributed by atoms with E-state index >= 15 is 0 Å². The minimum Gasteiger partial charge on any atom is -0.465 e. The van der Waals surface area contributed by atoms with Gasteiger partial charge in [0.15, 0.2) is 0 Å². The molecule has 2 atom stereocenters. The van der Waals surface area contributed by atoms with Gasteiger partial charge in [-0.15, -0.1) is 0 Å². The van der Waals surface area contributed by atoms with Crippen molar-refractivity contribution in [2.24, 2.45) is 0 Å². The molecule has 0 saturated carbocycles. The van der Waals surface area contributed by atoms with Crippen LogP contribution in [0.25, 0.3) is 11.0 Å². The van der Waals surface area contributed by atoms with Crippen LogP contribution in [-0.4, -0.2) is 22.1 Å². The van der Waals surface area contributed by atoms with Crippen LogP contribution in [0, 0.1) is 0 Å². The second kappa shape index (κ2) is 6.79. The van der Waals surface area contributed by atoms with Crippen LogP contribution in [0.15, 0.2) is 63.8 Å². The lowest BCUT2D eigenvalue weighted by Crippen LogP contribution is -2.39. The van der Waals surface area contributed by atoms with E-state index in [-0.39, 0.29) is 12.1 Å². The first-order chi connectivity index (χ1) is 13.0. The number of carboxylic acid groups (broad SMARTS) is 1. The van der Waals surface area contributed by atoms with Gasteiger partial charge in [-0.3, -0.25) is 4.90 Å². The van der Waals surface area contributed by atoms with Gasteiger partial charge in [0.25, 0.3) is 0 Å². The topological polar surface area (TPSA) is 82.8 Å². The first-order valence-corrected chi connectivity index (χ1v) is 8.89. The van der Waals surface area contributed by atoms with Gasteiger partial charge in [0.05, 0.1) is 6.04 Å². The Hall–Kier alpha value is -3.28. The summed E-state index contributed by atoms with van der Waals surface area (Å²) < 4.78 is 5.31. The van der Waals surface area contributed by atoms with Crippen LogP contribution in [0.1, 0.15) is 30.5 Å². The van der Waals surface area contributed by atoms with Crippen molar-refractivity contribution in [3.05, 3.63) is 76.1 Å². The van der Waals surface area contributed by atoms with E-state index in [1.54, 1.807) is 12.1 Å². The molecule has 0 spiro atoms. The van der Waals surface area contributed by atoms with Crippen molar-refractivity contribution in [1.29, 1.82) is 0 Å². The molecular weight excluding hydrogens is 344 g/mol. The van der Waals surface area contributed by atoms with Crippen LogP contribution in [0.3, 0.4) is 0 Å². The predicted molar refractivity (Wildman–Crippen MR) is 103 cm³/mol. The summed E-state index contributed by atoms with van der Waals surface area (Å²) in [7, 11) is 0. The molecule has 0 saturated heterocycles. The number of fused-ring (bicyclic) bond motifs is 3. The summed E-state index contributed by atoms with van der Waals surface area (Å²) in [6.45, 7) is 2.33. The van der Waals surface area contributed by atoms with Crippen molar-refractivity contribution in [2.75, 3.05) is 5.32 Å². The molecule has 0 bridgehead atoms. The van der Waals surface area contributed by atoms with E-state index in [4.69, 9.17) is 4.42 Å². The first kappa shape index (κ1) is 17.1. The second-order valence-corrected chi connectivity index (χ2v) is 6.89.